The average molecular weight is 380 g/mol. The normalized spacial score (nSPS) is 12.3. The number of methoxy groups -OCH3 is 1. The summed E-state index contributed by atoms with van der Waals surface area (Å²) < 4.78 is 11.5. The lowest BCUT2D eigenvalue weighted by molar-refractivity contribution is 0.200. The van der Waals surface area contributed by atoms with Gasteiger partial charge in [0.2, 0.25) is 0 Å². The number of ether oxygens (including phenoxy) is 2. The number of hydrogen-bond donors (Lipinski definition) is 1. The van der Waals surface area contributed by atoms with E-state index in [-0.39, 0.29) is 0 Å². The van der Waals surface area contributed by atoms with Crippen molar-refractivity contribution in [3.63, 3.8) is 0 Å². The van der Waals surface area contributed by atoms with Gasteiger partial charge < -0.3 is 14.6 Å². The molecule has 3 nitrogen and oxygen atoms in total. The van der Waals surface area contributed by atoms with E-state index in [0.29, 0.717) is 15.2 Å². The Balaban J connectivity index is 1.89. The number of aryl methyl sites for hydroxylation is 1. The zero-order valence-corrected chi connectivity index (χ0v) is 16.9. The standard InChI is InChI=1S/C23H25O3P/c1-16-9-12-22(20(13-16)17(2)24)27-23-14-19(25-3)10-11-21(23)26-15-18-7-5-4-6-8-18/h4-14,17,24,27H,15H2,1-3H3. The predicted molar refractivity (Wildman–Crippen MR) is 113 cm³/mol. The minimum atomic E-state index is -0.508. The van der Waals surface area contributed by atoms with Crippen LogP contribution in [-0.4, -0.2) is 12.2 Å². The molecule has 0 bridgehead atoms. The van der Waals surface area contributed by atoms with Crippen LogP contribution in [0.15, 0.2) is 66.7 Å². The van der Waals surface area contributed by atoms with Gasteiger partial charge in [0, 0.05) is 5.30 Å². The van der Waals surface area contributed by atoms with Gasteiger partial charge in [-0.2, -0.15) is 0 Å². The van der Waals surface area contributed by atoms with Crippen molar-refractivity contribution in [1.29, 1.82) is 0 Å². The van der Waals surface area contributed by atoms with Gasteiger partial charge in [0.1, 0.15) is 18.1 Å². The molecule has 0 amide bonds. The molecule has 0 saturated heterocycles. The van der Waals surface area contributed by atoms with Crippen LogP contribution in [0.1, 0.15) is 29.7 Å². The van der Waals surface area contributed by atoms with Crippen molar-refractivity contribution in [3.05, 3.63) is 83.4 Å². The highest BCUT2D eigenvalue weighted by atomic mass is 31.1. The van der Waals surface area contributed by atoms with E-state index in [1.165, 1.54) is 0 Å². The van der Waals surface area contributed by atoms with Gasteiger partial charge in [0.05, 0.1) is 13.2 Å². The number of rotatable bonds is 7. The van der Waals surface area contributed by atoms with Crippen LogP contribution >= 0.6 is 8.58 Å². The summed E-state index contributed by atoms with van der Waals surface area (Å²) in [6, 6.07) is 22.2. The molecule has 2 unspecified atom stereocenters. The van der Waals surface area contributed by atoms with Gasteiger partial charge in [-0.05, 0) is 48.5 Å². The van der Waals surface area contributed by atoms with Crippen LogP contribution in [0.5, 0.6) is 11.5 Å². The highest BCUT2D eigenvalue weighted by Gasteiger charge is 2.13. The fourth-order valence-corrected chi connectivity index (χ4v) is 4.26. The van der Waals surface area contributed by atoms with Gasteiger partial charge in [-0.25, -0.2) is 0 Å². The van der Waals surface area contributed by atoms with Gasteiger partial charge >= 0.3 is 0 Å². The molecular formula is C23H25O3P. The Labute approximate surface area is 162 Å². The van der Waals surface area contributed by atoms with Crippen LogP contribution in [0.2, 0.25) is 0 Å². The second-order valence-corrected chi connectivity index (χ2v) is 7.86. The largest absolute Gasteiger partial charge is 0.497 e. The number of aliphatic hydroxyl groups excluding tert-OH is 1. The van der Waals surface area contributed by atoms with Crippen LogP contribution in [0.3, 0.4) is 0 Å². The zero-order chi connectivity index (χ0) is 19.2. The van der Waals surface area contributed by atoms with Gasteiger partial charge in [0.25, 0.3) is 0 Å². The molecule has 0 aliphatic rings. The topological polar surface area (TPSA) is 38.7 Å². The number of hydrogen-bond acceptors (Lipinski definition) is 3. The van der Waals surface area contributed by atoms with Gasteiger partial charge in [-0.3, -0.25) is 0 Å². The van der Waals surface area contributed by atoms with Crippen molar-refractivity contribution in [1.82, 2.24) is 0 Å². The Morgan fingerprint density at radius 3 is 2.44 bits per heavy atom. The molecule has 2 atom stereocenters. The summed E-state index contributed by atoms with van der Waals surface area (Å²) in [6.07, 6.45) is -0.508. The van der Waals surface area contributed by atoms with E-state index in [9.17, 15) is 5.11 Å². The molecule has 4 heteroatoms. The van der Waals surface area contributed by atoms with Crippen molar-refractivity contribution >= 4 is 19.2 Å². The minimum absolute atomic E-state index is 0.365. The molecule has 27 heavy (non-hydrogen) atoms. The first kappa shape index (κ1) is 19.4. The van der Waals surface area contributed by atoms with Crippen LogP contribution in [0, 0.1) is 6.92 Å². The van der Waals surface area contributed by atoms with Crippen molar-refractivity contribution < 1.29 is 14.6 Å². The summed E-state index contributed by atoms with van der Waals surface area (Å²) in [5.74, 6) is 1.64. The second-order valence-electron chi connectivity index (χ2n) is 6.53. The SMILES string of the molecule is COc1ccc(OCc2ccccc2)c(Pc2ccc(C)cc2C(C)O)c1. The smallest absolute Gasteiger partial charge is 0.127 e. The molecule has 0 radical (unpaired) electrons. The quantitative estimate of drug-likeness (QED) is 0.623. The lowest BCUT2D eigenvalue weighted by Gasteiger charge is -2.17. The molecule has 0 aliphatic heterocycles. The Bertz CT molecular complexity index is 891. The summed E-state index contributed by atoms with van der Waals surface area (Å²) >= 11 is 0. The molecule has 0 aliphatic carbocycles. The number of aliphatic hydroxyl groups is 1. The molecule has 140 valence electrons. The summed E-state index contributed by atoms with van der Waals surface area (Å²) in [4.78, 5) is 0. The third-order valence-corrected chi connectivity index (χ3v) is 5.74. The fraction of sp³-hybridized carbons (Fsp3) is 0.217. The molecular weight excluding hydrogens is 355 g/mol. The van der Waals surface area contributed by atoms with E-state index in [2.05, 4.69) is 30.3 Å². The highest BCUT2D eigenvalue weighted by molar-refractivity contribution is 7.55. The van der Waals surface area contributed by atoms with Crippen LogP contribution in [0.25, 0.3) is 0 Å². The van der Waals surface area contributed by atoms with Crippen LogP contribution < -0.4 is 20.1 Å². The molecule has 0 aromatic heterocycles. The lowest BCUT2D eigenvalue weighted by atomic mass is 10.1. The van der Waals surface area contributed by atoms with Crippen molar-refractivity contribution in [2.24, 2.45) is 0 Å². The van der Waals surface area contributed by atoms with E-state index in [1.807, 2.05) is 43.3 Å². The average Bonchev–Trinajstić information content (AvgIpc) is 2.69. The summed E-state index contributed by atoms with van der Waals surface area (Å²) in [7, 11) is 2.03. The minimum Gasteiger partial charge on any atom is -0.497 e. The third-order valence-electron chi connectivity index (χ3n) is 4.35. The first-order valence-electron chi connectivity index (χ1n) is 8.97. The van der Waals surface area contributed by atoms with Crippen LogP contribution in [-0.2, 0) is 6.61 Å². The first-order valence-corrected chi connectivity index (χ1v) is 9.97. The molecule has 0 spiro atoms. The van der Waals surface area contributed by atoms with Gasteiger partial charge in [0.15, 0.2) is 0 Å². The van der Waals surface area contributed by atoms with Gasteiger partial charge in [-0.15, -0.1) is 0 Å². The maximum absolute atomic E-state index is 10.2. The van der Waals surface area contributed by atoms with E-state index in [1.54, 1.807) is 14.0 Å². The van der Waals surface area contributed by atoms with E-state index in [4.69, 9.17) is 9.47 Å². The fourth-order valence-electron chi connectivity index (χ4n) is 2.88. The van der Waals surface area contributed by atoms with Crippen molar-refractivity contribution in [2.45, 2.75) is 26.6 Å². The highest BCUT2D eigenvalue weighted by Crippen LogP contribution is 2.27. The zero-order valence-electron chi connectivity index (χ0n) is 15.9. The van der Waals surface area contributed by atoms with Gasteiger partial charge in [-0.1, -0.05) is 62.7 Å². The first-order chi connectivity index (χ1) is 13.1. The molecule has 3 rings (SSSR count). The monoisotopic (exact) mass is 380 g/mol. The maximum Gasteiger partial charge on any atom is 0.127 e. The van der Waals surface area contributed by atoms with E-state index in [0.717, 1.165) is 38.8 Å². The molecule has 0 heterocycles. The molecule has 3 aromatic carbocycles. The number of benzene rings is 3. The molecule has 0 saturated carbocycles. The Morgan fingerprint density at radius 1 is 0.963 bits per heavy atom. The maximum atomic E-state index is 10.2. The summed E-state index contributed by atoms with van der Waals surface area (Å²) in [6.45, 7) is 4.36. The molecule has 0 fully saturated rings. The van der Waals surface area contributed by atoms with Crippen molar-refractivity contribution in [3.8, 4) is 11.5 Å². The summed E-state index contributed by atoms with van der Waals surface area (Å²) in [5.41, 5.74) is 3.23. The Morgan fingerprint density at radius 2 is 1.74 bits per heavy atom. The predicted octanol–water partition coefficient (Wildman–Crippen LogP) is 4.27. The lowest BCUT2D eigenvalue weighted by Crippen LogP contribution is -2.14. The molecule has 3 aromatic rings. The van der Waals surface area contributed by atoms with Crippen LogP contribution in [0.4, 0.5) is 0 Å². The second kappa shape index (κ2) is 9.03. The Hall–Kier alpha value is -2.35. The summed E-state index contributed by atoms with van der Waals surface area (Å²) in [5, 5.41) is 12.4. The van der Waals surface area contributed by atoms with E-state index >= 15 is 0 Å². The van der Waals surface area contributed by atoms with E-state index < -0.39 is 6.10 Å². The Kier molecular flexibility index (Phi) is 6.49. The van der Waals surface area contributed by atoms with Crippen molar-refractivity contribution in [2.75, 3.05) is 7.11 Å². The third kappa shape index (κ3) is 5.09. The molecule has 1 N–H and O–H groups in total.